The Morgan fingerprint density at radius 3 is 2.59 bits per heavy atom. The quantitative estimate of drug-likeness (QED) is 0.776. The van der Waals surface area contributed by atoms with Gasteiger partial charge in [0.05, 0.1) is 6.42 Å². The summed E-state index contributed by atoms with van der Waals surface area (Å²) in [7, 11) is 0. The SMILES string of the molecule is CCNC(=O)[C@H]1Cc2ccccc2N1C(=O)Cc1cccc2ccccc12. The minimum absolute atomic E-state index is 0.0486. The molecule has 2 amide bonds. The molecule has 0 bridgehead atoms. The molecule has 1 aliphatic rings. The zero-order chi connectivity index (χ0) is 18.8. The lowest BCUT2D eigenvalue weighted by atomic mass is 10.0. The molecule has 1 aliphatic heterocycles. The van der Waals surface area contributed by atoms with Crippen LogP contribution in [0.1, 0.15) is 18.1 Å². The Hall–Kier alpha value is -3.14. The summed E-state index contributed by atoms with van der Waals surface area (Å²) in [5.74, 6) is -0.146. The summed E-state index contributed by atoms with van der Waals surface area (Å²) in [6.07, 6.45) is 0.828. The van der Waals surface area contributed by atoms with Crippen molar-refractivity contribution in [1.82, 2.24) is 5.32 Å². The maximum absolute atomic E-state index is 13.3. The van der Waals surface area contributed by atoms with Crippen molar-refractivity contribution in [2.45, 2.75) is 25.8 Å². The largest absolute Gasteiger partial charge is 0.355 e. The second kappa shape index (κ2) is 7.23. The molecular weight excluding hydrogens is 336 g/mol. The Morgan fingerprint density at radius 2 is 1.74 bits per heavy atom. The zero-order valence-corrected chi connectivity index (χ0v) is 15.3. The first-order valence-electron chi connectivity index (χ1n) is 9.33. The van der Waals surface area contributed by atoms with E-state index in [9.17, 15) is 9.59 Å². The van der Waals surface area contributed by atoms with E-state index in [1.165, 1.54) is 0 Å². The molecule has 0 spiro atoms. The summed E-state index contributed by atoms with van der Waals surface area (Å²) in [4.78, 5) is 27.6. The van der Waals surface area contributed by atoms with Crippen LogP contribution in [0.2, 0.25) is 0 Å². The van der Waals surface area contributed by atoms with Gasteiger partial charge in [0.1, 0.15) is 6.04 Å². The molecule has 136 valence electrons. The molecule has 0 saturated carbocycles. The second-order valence-corrected chi connectivity index (χ2v) is 6.82. The van der Waals surface area contributed by atoms with E-state index in [0.717, 1.165) is 27.6 Å². The second-order valence-electron chi connectivity index (χ2n) is 6.82. The maximum atomic E-state index is 13.3. The molecule has 0 unspecified atom stereocenters. The molecule has 0 aliphatic carbocycles. The standard InChI is InChI=1S/C23H22N2O2/c1-2-24-23(27)21-14-18-9-4-6-13-20(18)25(21)22(26)15-17-11-7-10-16-8-3-5-12-19(16)17/h3-13,21H,2,14-15H2,1H3,(H,24,27)/t21-/m1/s1. The van der Waals surface area contributed by atoms with Crippen molar-refractivity contribution in [2.75, 3.05) is 11.4 Å². The summed E-state index contributed by atoms with van der Waals surface area (Å²) >= 11 is 0. The third kappa shape index (κ3) is 3.19. The predicted octanol–water partition coefficient (Wildman–Crippen LogP) is 3.48. The van der Waals surface area contributed by atoms with Crippen molar-refractivity contribution in [3.8, 4) is 0 Å². The van der Waals surface area contributed by atoms with Crippen molar-refractivity contribution in [3.05, 3.63) is 77.9 Å². The molecule has 0 radical (unpaired) electrons. The van der Waals surface area contributed by atoms with Gasteiger partial charge in [-0.25, -0.2) is 0 Å². The maximum Gasteiger partial charge on any atom is 0.243 e. The monoisotopic (exact) mass is 358 g/mol. The van der Waals surface area contributed by atoms with Crippen LogP contribution in [-0.4, -0.2) is 24.4 Å². The molecule has 0 fully saturated rings. The molecule has 0 saturated heterocycles. The Bertz CT molecular complexity index is 1010. The van der Waals surface area contributed by atoms with Crippen LogP contribution in [0.25, 0.3) is 10.8 Å². The predicted molar refractivity (Wildman–Crippen MR) is 108 cm³/mol. The van der Waals surface area contributed by atoms with Crippen LogP contribution < -0.4 is 10.2 Å². The molecule has 3 aromatic carbocycles. The molecule has 1 heterocycles. The molecule has 1 N–H and O–H groups in total. The van der Waals surface area contributed by atoms with Gasteiger partial charge in [-0.3, -0.25) is 14.5 Å². The number of amides is 2. The molecule has 4 heteroatoms. The minimum atomic E-state index is -0.482. The lowest BCUT2D eigenvalue weighted by molar-refractivity contribution is -0.125. The van der Waals surface area contributed by atoms with E-state index < -0.39 is 6.04 Å². The number of carbonyl (C=O) groups excluding carboxylic acids is 2. The van der Waals surface area contributed by atoms with Gasteiger partial charge in [0.15, 0.2) is 0 Å². The smallest absolute Gasteiger partial charge is 0.243 e. The van der Waals surface area contributed by atoms with Crippen molar-refractivity contribution < 1.29 is 9.59 Å². The molecule has 27 heavy (non-hydrogen) atoms. The number of hydrogen-bond acceptors (Lipinski definition) is 2. The lowest BCUT2D eigenvalue weighted by Gasteiger charge is -2.25. The van der Waals surface area contributed by atoms with E-state index in [1.807, 2.05) is 73.7 Å². The third-order valence-corrected chi connectivity index (χ3v) is 5.12. The molecule has 1 atom stereocenters. The van der Waals surface area contributed by atoms with Gasteiger partial charge < -0.3 is 5.32 Å². The van der Waals surface area contributed by atoms with Gasteiger partial charge in [-0.05, 0) is 34.9 Å². The van der Waals surface area contributed by atoms with Crippen molar-refractivity contribution >= 4 is 28.3 Å². The number of hydrogen-bond donors (Lipinski definition) is 1. The van der Waals surface area contributed by atoms with Crippen LogP contribution in [0.4, 0.5) is 5.69 Å². The highest BCUT2D eigenvalue weighted by molar-refractivity contribution is 6.05. The fourth-order valence-corrected chi connectivity index (χ4v) is 3.89. The molecule has 4 rings (SSSR count). The molecule has 0 aromatic heterocycles. The highest BCUT2D eigenvalue weighted by Gasteiger charge is 2.37. The summed E-state index contributed by atoms with van der Waals surface area (Å²) in [5, 5.41) is 5.06. The first kappa shape index (κ1) is 17.3. The van der Waals surface area contributed by atoms with Gasteiger partial charge in [0.2, 0.25) is 11.8 Å². The van der Waals surface area contributed by atoms with Crippen molar-refractivity contribution in [3.63, 3.8) is 0 Å². The van der Waals surface area contributed by atoms with Gasteiger partial charge in [-0.2, -0.15) is 0 Å². The number of para-hydroxylation sites is 1. The van der Waals surface area contributed by atoms with E-state index in [2.05, 4.69) is 5.32 Å². The van der Waals surface area contributed by atoms with Gasteiger partial charge in [-0.1, -0.05) is 60.7 Å². The summed E-state index contributed by atoms with van der Waals surface area (Å²) in [6, 6.07) is 21.4. The zero-order valence-electron chi connectivity index (χ0n) is 15.3. The van der Waals surface area contributed by atoms with Crippen molar-refractivity contribution in [1.29, 1.82) is 0 Å². The van der Waals surface area contributed by atoms with Gasteiger partial charge >= 0.3 is 0 Å². The average molecular weight is 358 g/mol. The number of benzene rings is 3. The van der Waals surface area contributed by atoms with Gasteiger partial charge in [0, 0.05) is 18.7 Å². The van der Waals surface area contributed by atoms with Crippen LogP contribution in [-0.2, 0) is 22.4 Å². The summed E-state index contributed by atoms with van der Waals surface area (Å²) < 4.78 is 0. The first-order valence-corrected chi connectivity index (χ1v) is 9.33. The number of rotatable bonds is 4. The number of nitrogens with zero attached hydrogens (tertiary/aromatic N) is 1. The van der Waals surface area contributed by atoms with Gasteiger partial charge in [0.25, 0.3) is 0 Å². The van der Waals surface area contributed by atoms with Crippen LogP contribution in [0.3, 0.4) is 0 Å². The molecule has 4 nitrogen and oxygen atoms in total. The summed E-state index contributed by atoms with van der Waals surface area (Å²) in [6.45, 7) is 2.44. The van der Waals surface area contributed by atoms with Crippen LogP contribution in [0, 0.1) is 0 Å². The van der Waals surface area contributed by atoms with E-state index in [0.29, 0.717) is 13.0 Å². The fourth-order valence-electron chi connectivity index (χ4n) is 3.89. The Labute approximate surface area is 158 Å². The Balaban J connectivity index is 1.68. The lowest BCUT2D eigenvalue weighted by Crippen LogP contribution is -2.48. The van der Waals surface area contributed by atoms with E-state index in [-0.39, 0.29) is 18.2 Å². The van der Waals surface area contributed by atoms with E-state index in [4.69, 9.17) is 0 Å². The summed E-state index contributed by atoms with van der Waals surface area (Å²) in [5.41, 5.74) is 2.87. The molecular formula is C23H22N2O2. The van der Waals surface area contributed by atoms with E-state index in [1.54, 1.807) is 4.90 Å². The van der Waals surface area contributed by atoms with Gasteiger partial charge in [-0.15, -0.1) is 0 Å². The average Bonchev–Trinajstić information content (AvgIpc) is 3.08. The van der Waals surface area contributed by atoms with Crippen LogP contribution >= 0.6 is 0 Å². The number of carbonyl (C=O) groups is 2. The molecule has 3 aromatic rings. The minimum Gasteiger partial charge on any atom is -0.355 e. The Morgan fingerprint density at radius 1 is 1.00 bits per heavy atom. The fraction of sp³-hybridized carbons (Fsp3) is 0.217. The highest BCUT2D eigenvalue weighted by atomic mass is 16.2. The Kier molecular flexibility index (Phi) is 4.63. The number of nitrogens with one attached hydrogen (secondary N) is 1. The number of likely N-dealkylation sites (N-methyl/N-ethyl adjacent to an activating group) is 1. The third-order valence-electron chi connectivity index (χ3n) is 5.12. The highest BCUT2D eigenvalue weighted by Crippen LogP contribution is 2.33. The topological polar surface area (TPSA) is 49.4 Å². The van der Waals surface area contributed by atoms with E-state index >= 15 is 0 Å². The van der Waals surface area contributed by atoms with Crippen LogP contribution in [0.5, 0.6) is 0 Å². The first-order chi connectivity index (χ1) is 13.2. The van der Waals surface area contributed by atoms with Crippen LogP contribution in [0.15, 0.2) is 66.7 Å². The number of anilines is 1. The normalized spacial score (nSPS) is 15.6. The number of fused-ring (bicyclic) bond motifs is 2. The van der Waals surface area contributed by atoms with Crippen molar-refractivity contribution in [2.24, 2.45) is 0 Å².